The van der Waals surface area contributed by atoms with Gasteiger partial charge in [-0.05, 0) is 37.5 Å². The van der Waals surface area contributed by atoms with Gasteiger partial charge >= 0.3 is 0 Å². The number of piperidine rings is 1. The van der Waals surface area contributed by atoms with Gasteiger partial charge in [0.15, 0.2) is 0 Å². The van der Waals surface area contributed by atoms with Crippen LogP contribution in [0.25, 0.3) is 0 Å². The summed E-state index contributed by atoms with van der Waals surface area (Å²) in [6.07, 6.45) is 1.46. The molecule has 0 unspecified atom stereocenters. The second-order valence-corrected chi connectivity index (χ2v) is 7.69. The Morgan fingerprint density at radius 2 is 2.05 bits per heavy atom. The van der Waals surface area contributed by atoms with Crippen molar-refractivity contribution in [1.82, 2.24) is 9.21 Å². The second kappa shape index (κ2) is 6.15. The molecule has 0 N–H and O–H groups in total. The maximum Gasteiger partial charge on any atom is 0.243 e. The summed E-state index contributed by atoms with van der Waals surface area (Å²) in [5, 5.41) is 0. The van der Waals surface area contributed by atoms with Crippen LogP contribution in [0.3, 0.4) is 0 Å². The summed E-state index contributed by atoms with van der Waals surface area (Å²) in [4.78, 5) is 13.9. The molecule has 0 aromatic heterocycles. The van der Waals surface area contributed by atoms with Gasteiger partial charge in [0.1, 0.15) is 0 Å². The second-order valence-electron chi connectivity index (χ2n) is 5.75. The van der Waals surface area contributed by atoms with Crippen molar-refractivity contribution >= 4 is 15.9 Å². The first-order chi connectivity index (χ1) is 9.82. The number of aryl methyl sites for hydroxylation is 1. The zero-order chi connectivity index (χ0) is 15.6. The Morgan fingerprint density at radius 1 is 1.33 bits per heavy atom. The molecule has 1 aliphatic rings. The van der Waals surface area contributed by atoms with E-state index in [1.165, 1.54) is 9.21 Å². The summed E-state index contributed by atoms with van der Waals surface area (Å²) in [6, 6.07) is 6.90. The standard InChI is InChI=1S/C15H22N2O3S/c1-12-6-4-8-14(10-12)21(19,20)17-9-5-7-13(11-17)15(18)16(2)3/h4,6,8,10,13H,5,7,9,11H2,1-3H3/t13-/m1/s1. The molecule has 0 radical (unpaired) electrons. The highest BCUT2D eigenvalue weighted by Crippen LogP contribution is 2.25. The Kier molecular flexibility index (Phi) is 4.68. The summed E-state index contributed by atoms with van der Waals surface area (Å²) in [5.41, 5.74) is 0.911. The van der Waals surface area contributed by atoms with Gasteiger partial charge < -0.3 is 4.90 Å². The molecule has 21 heavy (non-hydrogen) atoms. The predicted molar refractivity (Wildman–Crippen MR) is 81.4 cm³/mol. The van der Waals surface area contributed by atoms with Crippen molar-refractivity contribution in [2.45, 2.75) is 24.7 Å². The number of carbonyl (C=O) groups excluding carboxylic acids is 1. The lowest BCUT2D eigenvalue weighted by Gasteiger charge is -2.32. The third-order valence-electron chi connectivity index (χ3n) is 3.80. The van der Waals surface area contributed by atoms with Crippen LogP contribution >= 0.6 is 0 Å². The molecule has 6 heteroatoms. The van der Waals surface area contributed by atoms with Gasteiger partial charge in [0, 0.05) is 27.2 Å². The lowest BCUT2D eigenvalue weighted by Crippen LogP contribution is -2.45. The number of sulfonamides is 1. The highest BCUT2D eigenvalue weighted by molar-refractivity contribution is 7.89. The molecule has 0 spiro atoms. The molecule has 1 amide bonds. The van der Waals surface area contributed by atoms with Crippen LogP contribution < -0.4 is 0 Å². The van der Waals surface area contributed by atoms with Gasteiger partial charge in [0.05, 0.1) is 10.8 Å². The zero-order valence-electron chi connectivity index (χ0n) is 12.7. The molecule has 1 aromatic carbocycles. The minimum atomic E-state index is -3.51. The van der Waals surface area contributed by atoms with Crippen LogP contribution in [0.15, 0.2) is 29.2 Å². The van der Waals surface area contributed by atoms with E-state index in [4.69, 9.17) is 0 Å². The number of amides is 1. The maximum atomic E-state index is 12.7. The molecule has 1 heterocycles. The molecular formula is C15H22N2O3S. The van der Waals surface area contributed by atoms with Crippen molar-refractivity contribution in [3.8, 4) is 0 Å². The molecule has 0 saturated carbocycles. The van der Waals surface area contributed by atoms with Crippen LogP contribution in [0.5, 0.6) is 0 Å². The number of hydrogen-bond donors (Lipinski definition) is 0. The first-order valence-corrected chi connectivity index (χ1v) is 8.54. The third kappa shape index (κ3) is 3.44. The highest BCUT2D eigenvalue weighted by atomic mass is 32.2. The van der Waals surface area contributed by atoms with Crippen molar-refractivity contribution in [1.29, 1.82) is 0 Å². The van der Waals surface area contributed by atoms with Crippen LogP contribution in [-0.4, -0.2) is 50.7 Å². The van der Waals surface area contributed by atoms with E-state index in [9.17, 15) is 13.2 Å². The molecule has 5 nitrogen and oxygen atoms in total. The minimum Gasteiger partial charge on any atom is -0.349 e. The summed E-state index contributed by atoms with van der Waals surface area (Å²) >= 11 is 0. The number of carbonyl (C=O) groups is 1. The topological polar surface area (TPSA) is 57.7 Å². The van der Waals surface area contributed by atoms with Crippen LogP contribution in [0, 0.1) is 12.8 Å². The van der Waals surface area contributed by atoms with E-state index < -0.39 is 10.0 Å². The Balaban J connectivity index is 2.22. The minimum absolute atomic E-state index is 0.000794. The van der Waals surface area contributed by atoms with Gasteiger partial charge in [0.2, 0.25) is 15.9 Å². The first-order valence-electron chi connectivity index (χ1n) is 7.10. The average molecular weight is 310 g/mol. The molecule has 116 valence electrons. The quantitative estimate of drug-likeness (QED) is 0.850. The normalized spacial score (nSPS) is 20.2. The fourth-order valence-corrected chi connectivity index (χ4v) is 4.28. The largest absolute Gasteiger partial charge is 0.349 e. The van der Waals surface area contributed by atoms with Crippen LogP contribution in [-0.2, 0) is 14.8 Å². The van der Waals surface area contributed by atoms with E-state index in [0.29, 0.717) is 11.4 Å². The Morgan fingerprint density at radius 3 is 2.67 bits per heavy atom. The molecule has 1 atom stereocenters. The Hall–Kier alpha value is -1.40. The van der Waals surface area contributed by atoms with Crippen molar-refractivity contribution < 1.29 is 13.2 Å². The number of rotatable bonds is 3. The van der Waals surface area contributed by atoms with Gasteiger partial charge in [-0.3, -0.25) is 4.79 Å². The average Bonchev–Trinajstić information content (AvgIpc) is 2.46. The maximum absolute atomic E-state index is 12.7. The lowest BCUT2D eigenvalue weighted by atomic mass is 9.98. The highest BCUT2D eigenvalue weighted by Gasteiger charge is 2.33. The van der Waals surface area contributed by atoms with Gasteiger partial charge in [-0.2, -0.15) is 4.31 Å². The monoisotopic (exact) mass is 310 g/mol. The SMILES string of the molecule is Cc1cccc(S(=O)(=O)N2CCC[C@@H](C(=O)N(C)C)C2)c1. The van der Waals surface area contributed by atoms with Crippen LogP contribution in [0.2, 0.25) is 0 Å². The van der Waals surface area contributed by atoms with E-state index in [-0.39, 0.29) is 18.4 Å². The fraction of sp³-hybridized carbons (Fsp3) is 0.533. The molecule has 0 bridgehead atoms. The number of nitrogens with zero attached hydrogens (tertiary/aromatic N) is 2. The van der Waals surface area contributed by atoms with Gasteiger partial charge in [-0.25, -0.2) is 8.42 Å². The van der Waals surface area contributed by atoms with E-state index in [1.807, 2.05) is 13.0 Å². The Bertz CT molecular complexity index is 626. The fourth-order valence-electron chi connectivity index (χ4n) is 2.65. The Labute approximate surface area is 126 Å². The zero-order valence-corrected chi connectivity index (χ0v) is 13.6. The van der Waals surface area contributed by atoms with Crippen molar-refractivity contribution in [3.05, 3.63) is 29.8 Å². The molecular weight excluding hydrogens is 288 g/mol. The molecule has 1 fully saturated rings. The predicted octanol–water partition coefficient (Wildman–Crippen LogP) is 1.48. The molecule has 1 aromatic rings. The van der Waals surface area contributed by atoms with E-state index in [0.717, 1.165) is 18.4 Å². The third-order valence-corrected chi connectivity index (χ3v) is 5.66. The number of hydrogen-bond acceptors (Lipinski definition) is 3. The first kappa shape index (κ1) is 16.0. The summed E-state index contributed by atoms with van der Waals surface area (Å²) in [7, 11) is -0.105. The molecule has 2 rings (SSSR count). The summed E-state index contributed by atoms with van der Waals surface area (Å²) < 4.78 is 26.8. The number of benzene rings is 1. The summed E-state index contributed by atoms with van der Waals surface area (Å²) in [6.45, 7) is 2.62. The van der Waals surface area contributed by atoms with E-state index in [1.54, 1.807) is 32.3 Å². The smallest absolute Gasteiger partial charge is 0.243 e. The van der Waals surface area contributed by atoms with Crippen molar-refractivity contribution in [3.63, 3.8) is 0 Å². The van der Waals surface area contributed by atoms with Crippen LogP contribution in [0.4, 0.5) is 0 Å². The van der Waals surface area contributed by atoms with E-state index in [2.05, 4.69) is 0 Å². The summed E-state index contributed by atoms with van der Waals surface area (Å²) in [5.74, 6) is -0.243. The molecule has 1 aliphatic heterocycles. The van der Waals surface area contributed by atoms with Gasteiger partial charge in [-0.15, -0.1) is 0 Å². The van der Waals surface area contributed by atoms with Gasteiger partial charge in [-0.1, -0.05) is 12.1 Å². The molecule has 0 aliphatic carbocycles. The van der Waals surface area contributed by atoms with Crippen molar-refractivity contribution in [2.24, 2.45) is 5.92 Å². The van der Waals surface area contributed by atoms with Crippen LogP contribution in [0.1, 0.15) is 18.4 Å². The van der Waals surface area contributed by atoms with Crippen molar-refractivity contribution in [2.75, 3.05) is 27.2 Å². The van der Waals surface area contributed by atoms with E-state index >= 15 is 0 Å². The van der Waals surface area contributed by atoms with Gasteiger partial charge in [0.25, 0.3) is 0 Å². The molecule has 1 saturated heterocycles. The lowest BCUT2D eigenvalue weighted by molar-refractivity contribution is -0.134.